The van der Waals surface area contributed by atoms with Gasteiger partial charge < -0.3 is 5.32 Å². The second-order valence-corrected chi connectivity index (χ2v) is 7.70. The van der Waals surface area contributed by atoms with E-state index in [1.165, 1.54) is 36.8 Å². The van der Waals surface area contributed by atoms with Gasteiger partial charge in [0.2, 0.25) is 5.91 Å². The summed E-state index contributed by atoms with van der Waals surface area (Å²) in [6, 6.07) is 9.13. The van der Waals surface area contributed by atoms with Gasteiger partial charge in [-0.3, -0.25) is 4.79 Å². The molecule has 1 N–H and O–H groups in total. The van der Waals surface area contributed by atoms with Crippen LogP contribution in [0, 0.1) is 0 Å². The summed E-state index contributed by atoms with van der Waals surface area (Å²) < 4.78 is 0. The number of benzene rings is 1. The van der Waals surface area contributed by atoms with Gasteiger partial charge in [0.1, 0.15) is 0 Å². The number of aryl methyl sites for hydroxylation is 1. The average molecular weight is 301 g/mol. The molecule has 1 aromatic carbocycles. The van der Waals surface area contributed by atoms with Crippen molar-refractivity contribution in [3.8, 4) is 0 Å². The van der Waals surface area contributed by atoms with Crippen LogP contribution in [0.1, 0.15) is 76.8 Å². The fourth-order valence-corrected chi connectivity index (χ4v) is 3.15. The summed E-state index contributed by atoms with van der Waals surface area (Å²) in [7, 11) is 0. The molecule has 0 unspecified atom stereocenters. The molecule has 0 heterocycles. The zero-order chi connectivity index (χ0) is 16.0. The Hall–Kier alpha value is -1.31. The highest BCUT2D eigenvalue weighted by Crippen LogP contribution is 2.22. The Morgan fingerprint density at radius 3 is 2.18 bits per heavy atom. The van der Waals surface area contributed by atoms with E-state index in [2.05, 4.69) is 50.4 Å². The minimum Gasteiger partial charge on any atom is -0.353 e. The SMILES string of the molecule is CC(C)(C)c1ccc(CCC(=O)NC2CCCCCC2)cc1. The zero-order valence-corrected chi connectivity index (χ0v) is 14.5. The van der Waals surface area contributed by atoms with E-state index in [4.69, 9.17) is 0 Å². The van der Waals surface area contributed by atoms with Crippen molar-refractivity contribution in [1.82, 2.24) is 5.32 Å². The van der Waals surface area contributed by atoms with Crippen molar-refractivity contribution >= 4 is 5.91 Å². The van der Waals surface area contributed by atoms with Crippen molar-refractivity contribution in [1.29, 1.82) is 0 Å². The first-order valence-corrected chi connectivity index (χ1v) is 8.84. The van der Waals surface area contributed by atoms with E-state index in [-0.39, 0.29) is 11.3 Å². The van der Waals surface area contributed by atoms with Crippen LogP contribution in [0.2, 0.25) is 0 Å². The van der Waals surface area contributed by atoms with Gasteiger partial charge in [0.25, 0.3) is 0 Å². The standard InChI is InChI=1S/C20H31NO/c1-20(2,3)17-13-10-16(11-14-17)12-15-19(22)21-18-8-6-4-5-7-9-18/h10-11,13-14,18H,4-9,12,15H2,1-3H3,(H,21,22). The van der Waals surface area contributed by atoms with Crippen molar-refractivity contribution in [2.24, 2.45) is 0 Å². The molecule has 0 spiro atoms. The molecule has 22 heavy (non-hydrogen) atoms. The molecule has 1 aliphatic rings. The molecule has 1 saturated carbocycles. The number of carbonyl (C=O) groups is 1. The topological polar surface area (TPSA) is 29.1 Å². The van der Waals surface area contributed by atoms with E-state index in [1.807, 2.05) is 0 Å². The molecule has 2 rings (SSSR count). The van der Waals surface area contributed by atoms with E-state index in [9.17, 15) is 4.79 Å². The zero-order valence-electron chi connectivity index (χ0n) is 14.5. The van der Waals surface area contributed by atoms with Crippen LogP contribution in [0.3, 0.4) is 0 Å². The number of amides is 1. The maximum Gasteiger partial charge on any atom is 0.220 e. The lowest BCUT2D eigenvalue weighted by Crippen LogP contribution is -2.34. The highest BCUT2D eigenvalue weighted by Gasteiger charge is 2.15. The Kier molecular flexibility index (Phi) is 6.05. The summed E-state index contributed by atoms with van der Waals surface area (Å²) >= 11 is 0. The molecule has 2 nitrogen and oxygen atoms in total. The van der Waals surface area contributed by atoms with Crippen molar-refractivity contribution in [3.63, 3.8) is 0 Å². The molecule has 1 amide bonds. The third-order valence-corrected chi connectivity index (χ3v) is 4.68. The summed E-state index contributed by atoms with van der Waals surface area (Å²) in [6.45, 7) is 6.67. The van der Waals surface area contributed by atoms with Gasteiger partial charge in [-0.2, -0.15) is 0 Å². The molecule has 1 fully saturated rings. The van der Waals surface area contributed by atoms with Crippen molar-refractivity contribution in [2.75, 3.05) is 0 Å². The highest BCUT2D eigenvalue weighted by atomic mass is 16.1. The molecular formula is C20H31NO. The average Bonchev–Trinajstić information content (AvgIpc) is 2.73. The van der Waals surface area contributed by atoms with Crippen LogP contribution in [0.5, 0.6) is 0 Å². The van der Waals surface area contributed by atoms with Crippen LogP contribution in [-0.4, -0.2) is 11.9 Å². The maximum absolute atomic E-state index is 12.1. The Morgan fingerprint density at radius 1 is 1.05 bits per heavy atom. The first-order chi connectivity index (χ1) is 10.4. The maximum atomic E-state index is 12.1. The van der Waals surface area contributed by atoms with E-state index >= 15 is 0 Å². The Balaban J connectivity index is 1.78. The molecule has 0 bridgehead atoms. The summed E-state index contributed by atoms with van der Waals surface area (Å²) in [6.07, 6.45) is 8.93. The van der Waals surface area contributed by atoms with E-state index in [0.29, 0.717) is 12.5 Å². The van der Waals surface area contributed by atoms with Crippen molar-refractivity contribution in [3.05, 3.63) is 35.4 Å². The Labute approximate surface area is 135 Å². The first kappa shape index (κ1) is 17.1. The largest absolute Gasteiger partial charge is 0.353 e. The van der Waals surface area contributed by atoms with Gasteiger partial charge in [-0.25, -0.2) is 0 Å². The molecule has 122 valence electrons. The normalized spacial score (nSPS) is 17.0. The number of rotatable bonds is 4. The predicted molar refractivity (Wildman–Crippen MR) is 93.1 cm³/mol. The Bertz CT molecular complexity index is 461. The van der Waals surface area contributed by atoms with E-state index in [0.717, 1.165) is 19.3 Å². The minimum absolute atomic E-state index is 0.190. The fourth-order valence-electron chi connectivity index (χ4n) is 3.15. The third kappa shape index (κ3) is 5.47. The predicted octanol–water partition coefficient (Wildman–Crippen LogP) is 4.76. The van der Waals surface area contributed by atoms with E-state index < -0.39 is 0 Å². The Morgan fingerprint density at radius 2 is 1.64 bits per heavy atom. The van der Waals surface area contributed by atoms with Crippen molar-refractivity contribution < 1.29 is 4.79 Å². The molecule has 2 heteroatoms. The second kappa shape index (κ2) is 7.80. The van der Waals surface area contributed by atoms with Crippen LogP contribution in [0.15, 0.2) is 24.3 Å². The van der Waals surface area contributed by atoms with E-state index in [1.54, 1.807) is 0 Å². The molecule has 0 aromatic heterocycles. The van der Waals surface area contributed by atoms with Gasteiger partial charge in [-0.05, 0) is 35.8 Å². The van der Waals surface area contributed by atoms with Crippen molar-refractivity contribution in [2.45, 2.75) is 83.6 Å². The number of hydrogen-bond donors (Lipinski definition) is 1. The number of hydrogen-bond acceptors (Lipinski definition) is 1. The first-order valence-electron chi connectivity index (χ1n) is 8.84. The number of carbonyl (C=O) groups excluding carboxylic acids is 1. The molecular weight excluding hydrogens is 270 g/mol. The van der Waals surface area contributed by atoms with Crippen LogP contribution < -0.4 is 5.32 Å². The second-order valence-electron chi connectivity index (χ2n) is 7.70. The quantitative estimate of drug-likeness (QED) is 0.798. The van der Waals surface area contributed by atoms with Gasteiger partial charge in [0, 0.05) is 12.5 Å². The monoisotopic (exact) mass is 301 g/mol. The van der Waals surface area contributed by atoms with Gasteiger partial charge in [-0.1, -0.05) is 70.7 Å². The van der Waals surface area contributed by atoms with Crippen LogP contribution in [0.25, 0.3) is 0 Å². The van der Waals surface area contributed by atoms with Crippen LogP contribution in [0.4, 0.5) is 0 Å². The summed E-state index contributed by atoms with van der Waals surface area (Å²) in [4.78, 5) is 12.1. The molecule has 0 aliphatic heterocycles. The summed E-state index contributed by atoms with van der Waals surface area (Å²) in [5.41, 5.74) is 2.79. The number of nitrogens with one attached hydrogen (secondary N) is 1. The lowest BCUT2D eigenvalue weighted by molar-refractivity contribution is -0.121. The highest BCUT2D eigenvalue weighted by molar-refractivity contribution is 5.76. The lowest BCUT2D eigenvalue weighted by Gasteiger charge is -2.19. The van der Waals surface area contributed by atoms with Gasteiger partial charge in [0.05, 0.1) is 0 Å². The lowest BCUT2D eigenvalue weighted by atomic mass is 9.86. The fraction of sp³-hybridized carbons (Fsp3) is 0.650. The van der Waals surface area contributed by atoms with Gasteiger partial charge in [0.15, 0.2) is 0 Å². The smallest absolute Gasteiger partial charge is 0.220 e. The minimum atomic E-state index is 0.190. The molecule has 0 atom stereocenters. The van der Waals surface area contributed by atoms with Gasteiger partial charge >= 0.3 is 0 Å². The summed E-state index contributed by atoms with van der Waals surface area (Å²) in [5, 5.41) is 3.23. The molecule has 0 radical (unpaired) electrons. The summed E-state index contributed by atoms with van der Waals surface area (Å²) in [5.74, 6) is 0.215. The van der Waals surface area contributed by atoms with Crippen LogP contribution in [-0.2, 0) is 16.6 Å². The molecule has 0 saturated heterocycles. The van der Waals surface area contributed by atoms with Crippen LogP contribution >= 0.6 is 0 Å². The van der Waals surface area contributed by atoms with Gasteiger partial charge in [-0.15, -0.1) is 0 Å². The third-order valence-electron chi connectivity index (χ3n) is 4.68. The molecule has 1 aromatic rings. The molecule has 1 aliphatic carbocycles.